The van der Waals surface area contributed by atoms with Gasteiger partial charge < -0.3 is 9.30 Å². The molecule has 0 spiro atoms. The summed E-state index contributed by atoms with van der Waals surface area (Å²) < 4.78 is 7.40. The number of Topliss-reactive ketones (excluding diaryl/α,β-unsaturated/α-hetero) is 2. The number of hydrogen-bond donors (Lipinski definition) is 0. The molecule has 6 nitrogen and oxygen atoms in total. The van der Waals surface area contributed by atoms with Gasteiger partial charge in [0.1, 0.15) is 17.3 Å². The summed E-state index contributed by atoms with van der Waals surface area (Å²) in [6, 6.07) is 15.4. The maximum Gasteiger partial charge on any atom is 0.191 e. The van der Waals surface area contributed by atoms with Crippen LogP contribution < -0.4 is 4.74 Å². The Bertz CT molecular complexity index is 1030. The summed E-state index contributed by atoms with van der Waals surface area (Å²) in [4.78, 5) is 24.1. The van der Waals surface area contributed by atoms with Gasteiger partial charge in [0.15, 0.2) is 11.0 Å². The van der Waals surface area contributed by atoms with Crippen LogP contribution in [-0.2, 0) is 29.0 Å². The zero-order valence-electron chi connectivity index (χ0n) is 17.4. The van der Waals surface area contributed by atoms with E-state index in [1.165, 1.54) is 11.8 Å². The van der Waals surface area contributed by atoms with Gasteiger partial charge in [-0.1, -0.05) is 54.2 Å². The molecule has 7 heteroatoms. The molecule has 3 rings (SSSR count). The first-order chi connectivity index (χ1) is 14.5. The van der Waals surface area contributed by atoms with E-state index < -0.39 is 0 Å². The van der Waals surface area contributed by atoms with Crippen molar-refractivity contribution in [2.75, 3.05) is 12.9 Å². The summed E-state index contributed by atoms with van der Waals surface area (Å²) in [5.41, 5.74) is 2.68. The van der Waals surface area contributed by atoms with Gasteiger partial charge in [-0.25, -0.2) is 0 Å². The number of carbonyl (C=O) groups excluding carboxylic acids is 2. The molecular weight excluding hydrogens is 398 g/mol. The summed E-state index contributed by atoms with van der Waals surface area (Å²) >= 11 is 1.39. The monoisotopic (exact) mass is 423 g/mol. The highest BCUT2D eigenvalue weighted by atomic mass is 32.2. The number of methoxy groups -OCH3 is 1. The van der Waals surface area contributed by atoms with E-state index in [1.54, 1.807) is 14.0 Å². The minimum absolute atomic E-state index is 0.0604. The summed E-state index contributed by atoms with van der Waals surface area (Å²) in [5.74, 6) is 1.88. The van der Waals surface area contributed by atoms with Crippen LogP contribution >= 0.6 is 11.8 Å². The van der Waals surface area contributed by atoms with Crippen molar-refractivity contribution in [1.29, 1.82) is 0 Å². The molecule has 2 aromatic carbocycles. The number of hydrogen-bond acceptors (Lipinski definition) is 6. The molecule has 0 saturated carbocycles. The minimum Gasteiger partial charge on any atom is -0.496 e. The highest BCUT2D eigenvalue weighted by Gasteiger charge is 2.16. The van der Waals surface area contributed by atoms with E-state index >= 15 is 0 Å². The van der Waals surface area contributed by atoms with Crippen LogP contribution in [0.1, 0.15) is 25.0 Å². The maximum atomic E-state index is 12.7. The molecule has 30 heavy (non-hydrogen) atoms. The molecule has 0 unspecified atom stereocenters. The molecule has 1 aromatic heterocycles. The molecule has 0 aliphatic carbocycles. The van der Waals surface area contributed by atoms with Crippen molar-refractivity contribution in [2.45, 2.75) is 38.4 Å². The first-order valence-electron chi connectivity index (χ1n) is 9.80. The smallest absolute Gasteiger partial charge is 0.191 e. The van der Waals surface area contributed by atoms with Crippen LogP contribution in [0, 0.1) is 0 Å². The molecule has 0 aliphatic heterocycles. The summed E-state index contributed by atoms with van der Waals surface area (Å²) in [7, 11) is 1.58. The summed E-state index contributed by atoms with van der Waals surface area (Å²) in [5, 5.41) is 9.32. The summed E-state index contributed by atoms with van der Waals surface area (Å²) in [6.07, 6.45) is 0.593. The molecule has 3 aromatic rings. The topological polar surface area (TPSA) is 74.1 Å². The SMILES string of the molecule is CCn1c(SCC(=O)Cc2cc(CC(C)=O)ccc2OC)nnc1-c1ccccc1. The van der Waals surface area contributed by atoms with Gasteiger partial charge in [0, 0.05) is 30.5 Å². The zero-order chi connectivity index (χ0) is 21.5. The Morgan fingerprint density at radius 3 is 2.50 bits per heavy atom. The second kappa shape index (κ2) is 10.2. The number of nitrogens with zero attached hydrogens (tertiary/aromatic N) is 3. The van der Waals surface area contributed by atoms with Gasteiger partial charge >= 0.3 is 0 Å². The van der Waals surface area contributed by atoms with Crippen molar-refractivity contribution in [3.8, 4) is 17.1 Å². The largest absolute Gasteiger partial charge is 0.496 e. The zero-order valence-corrected chi connectivity index (χ0v) is 18.2. The first-order valence-corrected chi connectivity index (χ1v) is 10.8. The van der Waals surface area contributed by atoms with Crippen LogP contribution in [0.2, 0.25) is 0 Å². The Morgan fingerprint density at radius 2 is 1.83 bits per heavy atom. The molecule has 0 aliphatic rings. The van der Waals surface area contributed by atoms with Gasteiger partial charge in [-0.15, -0.1) is 10.2 Å². The number of carbonyl (C=O) groups is 2. The van der Waals surface area contributed by atoms with Crippen LogP contribution in [0.3, 0.4) is 0 Å². The predicted molar refractivity (Wildman–Crippen MR) is 118 cm³/mol. The Morgan fingerprint density at radius 1 is 1.07 bits per heavy atom. The van der Waals surface area contributed by atoms with Crippen LogP contribution in [0.15, 0.2) is 53.7 Å². The lowest BCUT2D eigenvalue weighted by atomic mass is 10.0. The highest BCUT2D eigenvalue weighted by molar-refractivity contribution is 7.99. The number of benzene rings is 2. The Hall–Kier alpha value is -2.93. The maximum absolute atomic E-state index is 12.7. The van der Waals surface area contributed by atoms with Crippen molar-refractivity contribution < 1.29 is 14.3 Å². The van der Waals surface area contributed by atoms with Crippen molar-refractivity contribution >= 4 is 23.3 Å². The normalized spacial score (nSPS) is 10.8. The van der Waals surface area contributed by atoms with E-state index in [4.69, 9.17) is 4.74 Å². The van der Waals surface area contributed by atoms with Crippen molar-refractivity contribution in [1.82, 2.24) is 14.8 Å². The Labute approximate surface area is 180 Å². The van der Waals surface area contributed by atoms with E-state index in [2.05, 4.69) is 10.2 Å². The molecule has 156 valence electrons. The molecular formula is C23H25N3O3S. The second-order valence-corrected chi connectivity index (χ2v) is 7.89. The Kier molecular flexibility index (Phi) is 7.41. The van der Waals surface area contributed by atoms with E-state index in [-0.39, 0.29) is 23.7 Å². The van der Waals surface area contributed by atoms with Gasteiger partial charge in [0.05, 0.1) is 12.9 Å². The molecule has 0 saturated heterocycles. The standard InChI is InChI=1S/C23H25N3O3S/c1-4-26-22(18-8-6-5-7-9-18)24-25-23(26)30-15-20(28)14-19-13-17(12-16(2)27)10-11-21(19)29-3/h5-11,13H,4,12,14-15H2,1-3H3. The lowest BCUT2D eigenvalue weighted by molar-refractivity contribution is -0.117. The molecule has 0 radical (unpaired) electrons. The number of ether oxygens (including phenoxy) is 1. The van der Waals surface area contributed by atoms with Crippen molar-refractivity contribution in [2.24, 2.45) is 0 Å². The average molecular weight is 424 g/mol. The second-order valence-electron chi connectivity index (χ2n) is 6.95. The minimum atomic E-state index is 0.0604. The average Bonchev–Trinajstić information content (AvgIpc) is 3.15. The van der Waals surface area contributed by atoms with Crippen molar-refractivity contribution in [3.05, 3.63) is 59.7 Å². The van der Waals surface area contributed by atoms with E-state index in [1.807, 2.05) is 60.0 Å². The first kappa shape index (κ1) is 21.8. The van der Waals surface area contributed by atoms with Crippen LogP contribution in [0.25, 0.3) is 11.4 Å². The Balaban J connectivity index is 1.69. The van der Waals surface area contributed by atoms with E-state index in [9.17, 15) is 9.59 Å². The fraction of sp³-hybridized carbons (Fsp3) is 0.304. The quantitative estimate of drug-likeness (QED) is 0.459. The molecule has 0 fully saturated rings. The van der Waals surface area contributed by atoms with Crippen molar-refractivity contribution in [3.63, 3.8) is 0 Å². The van der Waals surface area contributed by atoms with E-state index in [0.717, 1.165) is 27.7 Å². The molecule has 0 atom stereocenters. The number of ketones is 2. The number of thioether (sulfide) groups is 1. The third-order valence-corrected chi connectivity index (χ3v) is 5.64. The highest BCUT2D eigenvalue weighted by Crippen LogP contribution is 2.25. The number of rotatable bonds is 10. The number of aromatic nitrogens is 3. The fourth-order valence-corrected chi connectivity index (χ4v) is 4.12. The van der Waals surface area contributed by atoms with Gasteiger partial charge in [-0.2, -0.15) is 0 Å². The van der Waals surface area contributed by atoms with Crippen LogP contribution in [-0.4, -0.2) is 39.2 Å². The van der Waals surface area contributed by atoms with Gasteiger partial charge in [0.25, 0.3) is 0 Å². The lowest BCUT2D eigenvalue weighted by Gasteiger charge is -2.10. The van der Waals surface area contributed by atoms with E-state index in [0.29, 0.717) is 18.7 Å². The molecule has 0 amide bonds. The molecule has 0 bridgehead atoms. The predicted octanol–water partition coefficient (Wildman–Crippen LogP) is 4.01. The third-order valence-electron chi connectivity index (χ3n) is 4.61. The fourth-order valence-electron chi connectivity index (χ4n) is 3.26. The van der Waals surface area contributed by atoms with Gasteiger partial charge in [-0.05, 0) is 25.5 Å². The third kappa shape index (κ3) is 5.36. The van der Waals surface area contributed by atoms with Crippen LogP contribution in [0.4, 0.5) is 0 Å². The lowest BCUT2D eigenvalue weighted by Crippen LogP contribution is -2.09. The molecule has 0 N–H and O–H groups in total. The van der Waals surface area contributed by atoms with Crippen LogP contribution in [0.5, 0.6) is 5.75 Å². The summed E-state index contributed by atoms with van der Waals surface area (Å²) in [6.45, 7) is 4.31. The van der Waals surface area contributed by atoms with Gasteiger partial charge in [0.2, 0.25) is 0 Å². The molecule has 1 heterocycles. The van der Waals surface area contributed by atoms with Gasteiger partial charge in [-0.3, -0.25) is 9.59 Å².